The molecular weight excluding hydrogens is 304 g/mol. The van der Waals surface area contributed by atoms with E-state index in [1.165, 1.54) is 20.6 Å². The molecule has 0 bridgehead atoms. The van der Waals surface area contributed by atoms with Gasteiger partial charge in [-0.2, -0.15) is 0 Å². The summed E-state index contributed by atoms with van der Waals surface area (Å²) < 4.78 is 21.6. The van der Waals surface area contributed by atoms with Crippen LogP contribution in [0.4, 0.5) is 0 Å². The second-order valence-electron chi connectivity index (χ2n) is 5.84. The number of hydrogen-bond donors (Lipinski definition) is 2. The minimum absolute atomic E-state index is 0.103. The average Bonchev–Trinajstić information content (AvgIpc) is 2.96. The summed E-state index contributed by atoms with van der Waals surface area (Å²) in [6, 6.07) is 0. The molecule has 2 amide bonds. The zero-order valence-corrected chi connectivity index (χ0v) is 13.8. The predicted octanol–water partition coefficient (Wildman–Crippen LogP) is -0.0865. The Morgan fingerprint density at radius 2 is 1.78 bits per heavy atom. The third-order valence-corrected chi connectivity index (χ3v) is 4.18. The van der Waals surface area contributed by atoms with Gasteiger partial charge in [-0.15, -0.1) is 0 Å². The molecule has 0 radical (unpaired) electrons. The van der Waals surface area contributed by atoms with Crippen LogP contribution in [0.1, 0.15) is 32.1 Å². The van der Waals surface area contributed by atoms with Crippen molar-refractivity contribution in [3.8, 4) is 0 Å². The Balaban J connectivity index is 1.67. The van der Waals surface area contributed by atoms with Crippen LogP contribution in [0, 0.1) is 0 Å². The number of hydrogen-bond acceptors (Lipinski definition) is 6. The molecule has 1 aliphatic carbocycles. The molecule has 0 aromatic carbocycles. The van der Waals surface area contributed by atoms with Gasteiger partial charge in [0.25, 0.3) is 0 Å². The molecule has 8 nitrogen and oxygen atoms in total. The molecule has 2 N–H and O–H groups in total. The molecule has 1 atom stereocenters. The fourth-order valence-electron chi connectivity index (χ4n) is 2.88. The van der Waals surface area contributed by atoms with Gasteiger partial charge in [-0.1, -0.05) is 6.42 Å². The van der Waals surface area contributed by atoms with Crippen LogP contribution in [0.5, 0.6) is 0 Å². The first-order chi connectivity index (χ1) is 11.1. The van der Waals surface area contributed by atoms with Crippen molar-refractivity contribution in [3.63, 3.8) is 0 Å². The van der Waals surface area contributed by atoms with Crippen molar-refractivity contribution in [1.29, 1.82) is 0 Å². The van der Waals surface area contributed by atoms with E-state index in [2.05, 4.69) is 10.6 Å². The zero-order chi connectivity index (χ0) is 16.7. The maximum Gasteiger partial charge on any atom is 0.309 e. The molecule has 2 fully saturated rings. The number of carbonyl (C=O) groups excluding carboxylic acids is 2. The highest BCUT2D eigenvalue weighted by Crippen LogP contribution is 2.37. The molecule has 8 heteroatoms. The highest BCUT2D eigenvalue weighted by Gasteiger charge is 2.42. The van der Waals surface area contributed by atoms with Gasteiger partial charge in [-0.3, -0.25) is 9.59 Å². The second kappa shape index (κ2) is 8.58. The summed E-state index contributed by atoms with van der Waals surface area (Å²) in [5, 5.41) is 5.01. The lowest BCUT2D eigenvalue weighted by Crippen LogP contribution is -2.45. The van der Waals surface area contributed by atoms with Gasteiger partial charge >= 0.3 is 11.8 Å². The van der Waals surface area contributed by atoms with Gasteiger partial charge in [0.15, 0.2) is 12.1 Å². The highest BCUT2D eigenvalue weighted by atomic mass is 16.7. The van der Waals surface area contributed by atoms with Crippen molar-refractivity contribution in [2.45, 2.75) is 50.3 Å². The van der Waals surface area contributed by atoms with E-state index in [0.717, 1.165) is 25.7 Å². The smallest absolute Gasteiger partial charge is 0.309 e. The summed E-state index contributed by atoms with van der Waals surface area (Å²) in [6.07, 6.45) is 4.41. The van der Waals surface area contributed by atoms with Gasteiger partial charge in [0.2, 0.25) is 0 Å². The second-order valence-corrected chi connectivity index (χ2v) is 5.84. The van der Waals surface area contributed by atoms with E-state index in [1.54, 1.807) is 0 Å². The van der Waals surface area contributed by atoms with Crippen LogP contribution >= 0.6 is 0 Å². The van der Waals surface area contributed by atoms with Gasteiger partial charge in [0.1, 0.15) is 6.10 Å². The van der Waals surface area contributed by atoms with Gasteiger partial charge in [-0.05, 0) is 12.8 Å². The normalized spacial score (nSPS) is 23.2. The van der Waals surface area contributed by atoms with Crippen LogP contribution in [-0.2, 0) is 28.5 Å². The van der Waals surface area contributed by atoms with Crippen LogP contribution in [0.2, 0.25) is 0 Å². The van der Waals surface area contributed by atoms with Crippen molar-refractivity contribution < 1.29 is 28.5 Å². The number of methoxy groups -OCH3 is 2. The third kappa shape index (κ3) is 5.13. The number of carbonyl (C=O) groups is 2. The van der Waals surface area contributed by atoms with E-state index in [1.807, 2.05) is 0 Å². The monoisotopic (exact) mass is 330 g/mol. The van der Waals surface area contributed by atoms with Gasteiger partial charge < -0.3 is 29.6 Å². The van der Waals surface area contributed by atoms with Crippen LogP contribution in [0.25, 0.3) is 0 Å². The molecule has 2 aliphatic rings. The Kier molecular flexibility index (Phi) is 6.76. The SMILES string of the molecule is COC(CNC(=O)C(=O)NC[C@H]1COC2(CCCCC2)O1)OC. The van der Waals surface area contributed by atoms with E-state index < -0.39 is 23.9 Å². The van der Waals surface area contributed by atoms with E-state index >= 15 is 0 Å². The van der Waals surface area contributed by atoms with Gasteiger partial charge in [0, 0.05) is 33.6 Å². The summed E-state index contributed by atoms with van der Waals surface area (Å²) >= 11 is 0. The highest BCUT2D eigenvalue weighted by molar-refractivity contribution is 6.35. The van der Waals surface area contributed by atoms with E-state index in [4.69, 9.17) is 18.9 Å². The van der Waals surface area contributed by atoms with Crippen LogP contribution in [0.15, 0.2) is 0 Å². The minimum atomic E-state index is -0.726. The fraction of sp³-hybridized carbons (Fsp3) is 0.867. The summed E-state index contributed by atoms with van der Waals surface area (Å²) in [6.45, 7) is 0.800. The first-order valence-electron chi connectivity index (χ1n) is 8.02. The first kappa shape index (κ1) is 18.1. The molecule has 1 saturated carbocycles. The number of rotatable bonds is 6. The Hall–Kier alpha value is -1.22. The summed E-state index contributed by atoms with van der Waals surface area (Å²) in [7, 11) is 2.91. The fourth-order valence-corrected chi connectivity index (χ4v) is 2.88. The first-order valence-corrected chi connectivity index (χ1v) is 8.02. The molecule has 0 unspecified atom stereocenters. The van der Waals surface area contributed by atoms with Crippen LogP contribution in [0.3, 0.4) is 0 Å². The van der Waals surface area contributed by atoms with Crippen LogP contribution in [-0.4, -0.2) is 63.9 Å². The molecule has 2 rings (SSSR count). The maximum atomic E-state index is 11.8. The quantitative estimate of drug-likeness (QED) is 0.522. The van der Waals surface area contributed by atoms with Gasteiger partial charge in [0.05, 0.1) is 13.2 Å². The summed E-state index contributed by atoms with van der Waals surface area (Å²) in [5.74, 6) is -1.90. The molecule has 1 aliphatic heterocycles. The van der Waals surface area contributed by atoms with Crippen molar-refractivity contribution in [3.05, 3.63) is 0 Å². The van der Waals surface area contributed by atoms with Crippen molar-refractivity contribution >= 4 is 11.8 Å². The summed E-state index contributed by atoms with van der Waals surface area (Å²) in [5.41, 5.74) is 0. The largest absolute Gasteiger partial charge is 0.354 e. The zero-order valence-electron chi connectivity index (χ0n) is 13.8. The van der Waals surface area contributed by atoms with Crippen molar-refractivity contribution in [2.24, 2.45) is 0 Å². The molecule has 0 aromatic rings. The lowest BCUT2D eigenvalue weighted by molar-refractivity contribution is -0.186. The predicted molar refractivity (Wildman–Crippen MR) is 80.5 cm³/mol. The lowest BCUT2D eigenvalue weighted by atomic mass is 9.94. The van der Waals surface area contributed by atoms with E-state index in [0.29, 0.717) is 6.61 Å². The topological polar surface area (TPSA) is 95.1 Å². The molecule has 1 saturated heterocycles. The minimum Gasteiger partial charge on any atom is -0.354 e. The van der Waals surface area contributed by atoms with Crippen molar-refractivity contribution in [2.75, 3.05) is 33.9 Å². The molecule has 1 heterocycles. The summed E-state index contributed by atoms with van der Waals surface area (Å²) in [4.78, 5) is 23.4. The van der Waals surface area contributed by atoms with Crippen molar-refractivity contribution in [1.82, 2.24) is 10.6 Å². The molecule has 0 aromatic heterocycles. The molecule has 23 heavy (non-hydrogen) atoms. The Bertz CT molecular complexity index is 407. The molecule has 132 valence electrons. The standard InChI is InChI=1S/C15H26N2O6/c1-20-12(21-2)9-17-14(19)13(18)16-8-11-10-22-15(23-11)6-4-3-5-7-15/h11-12H,3-10H2,1-2H3,(H,16,18)(H,17,19)/t11-/m0/s1. The number of nitrogens with one attached hydrogen (secondary N) is 2. The van der Waals surface area contributed by atoms with Crippen LogP contribution < -0.4 is 10.6 Å². The maximum absolute atomic E-state index is 11.8. The molecule has 1 spiro atoms. The third-order valence-electron chi connectivity index (χ3n) is 4.18. The van der Waals surface area contributed by atoms with E-state index in [-0.39, 0.29) is 19.2 Å². The average molecular weight is 330 g/mol. The van der Waals surface area contributed by atoms with Gasteiger partial charge in [-0.25, -0.2) is 0 Å². The molecular formula is C15H26N2O6. The number of ether oxygens (including phenoxy) is 4. The Morgan fingerprint density at radius 1 is 1.13 bits per heavy atom. The number of amides is 2. The lowest BCUT2D eigenvalue weighted by Gasteiger charge is -2.31. The Morgan fingerprint density at radius 3 is 2.43 bits per heavy atom. The van der Waals surface area contributed by atoms with E-state index in [9.17, 15) is 9.59 Å². The Labute approximate surface area is 136 Å².